The van der Waals surface area contributed by atoms with Crippen molar-refractivity contribution in [1.29, 1.82) is 0 Å². The molecule has 5 N–H and O–H groups in total. The number of carboxylic acids is 1. The van der Waals surface area contributed by atoms with Crippen molar-refractivity contribution in [2.45, 2.75) is 12.5 Å². The van der Waals surface area contributed by atoms with E-state index in [1.165, 1.54) is 12.5 Å². The summed E-state index contributed by atoms with van der Waals surface area (Å²) in [6.07, 6.45) is 2.63. The topological polar surface area (TPSA) is 124 Å². The molecule has 1 rings (SSSR count). The number of rotatable bonds is 3. The van der Waals surface area contributed by atoms with Gasteiger partial charge in [0.2, 0.25) is 0 Å². The number of nitrogens with zero attached hydrogens (tertiary/aromatic N) is 2. The van der Waals surface area contributed by atoms with Crippen molar-refractivity contribution in [3.8, 4) is 0 Å². The Kier molecular flexibility index (Phi) is 2.82. The lowest BCUT2D eigenvalue weighted by atomic mass is 10.2. The van der Waals surface area contributed by atoms with Gasteiger partial charge in [0.25, 0.3) is 0 Å². The molecule has 0 aromatic carbocycles. The van der Waals surface area contributed by atoms with Gasteiger partial charge in [-0.05, 0) is 0 Å². The van der Waals surface area contributed by atoms with Gasteiger partial charge in [-0.15, -0.1) is 0 Å². The molecule has 0 fully saturated rings. The Morgan fingerprint density at radius 3 is 2.71 bits per heavy atom. The van der Waals surface area contributed by atoms with Crippen LogP contribution in [0.4, 0.5) is 4.79 Å². The van der Waals surface area contributed by atoms with Gasteiger partial charge in [0.05, 0.1) is 5.69 Å². The van der Waals surface area contributed by atoms with E-state index in [9.17, 15) is 9.59 Å². The number of carboxylic acid groups (broad SMARTS) is 1. The molecule has 0 radical (unpaired) electrons. The Labute approximate surface area is 79.3 Å². The summed E-state index contributed by atoms with van der Waals surface area (Å²) in [6.45, 7) is 0. The maximum atomic E-state index is 10.6. The summed E-state index contributed by atoms with van der Waals surface area (Å²) < 4.78 is 1.06. The molecule has 1 aromatic heterocycles. The summed E-state index contributed by atoms with van der Waals surface area (Å²) in [4.78, 5) is 24.8. The maximum absolute atomic E-state index is 10.6. The van der Waals surface area contributed by atoms with Crippen molar-refractivity contribution >= 4 is 12.0 Å². The van der Waals surface area contributed by atoms with Crippen LogP contribution in [-0.2, 0) is 11.2 Å². The highest BCUT2D eigenvalue weighted by atomic mass is 16.4. The molecule has 0 aliphatic carbocycles. The molecule has 1 atom stereocenters. The zero-order chi connectivity index (χ0) is 10.7. The number of hydrogen-bond donors (Lipinski definition) is 3. The van der Waals surface area contributed by atoms with Crippen molar-refractivity contribution < 1.29 is 14.7 Å². The lowest BCUT2D eigenvalue weighted by Gasteiger charge is -2.01. The van der Waals surface area contributed by atoms with Gasteiger partial charge in [-0.2, -0.15) is 0 Å². The van der Waals surface area contributed by atoms with Crippen molar-refractivity contribution in [3.63, 3.8) is 0 Å². The van der Waals surface area contributed by atoms with Gasteiger partial charge in [-0.1, -0.05) is 0 Å². The van der Waals surface area contributed by atoms with Crippen LogP contribution in [0, 0.1) is 0 Å². The fraction of sp³-hybridized carbons (Fsp3) is 0.286. The molecule has 0 saturated heterocycles. The van der Waals surface area contributed by atoms with E-state index in [0.717, 1.165) is 4.57 Å². The van der Waals surface area contributed by atoms with E-state index in [2.05, 4.69) is 4.98 Å². The minimum Gasteiger partial charge on any atom is -0.480 e. The third-order valence-corrected chi connectivity index (χ3v) is 1.64. The number of amides is 1. The molecule has 7 nitrogen and oxygen atoms in total. The summed E-state index contributed by atoms with van der Waals surface area (Å²) in [7, 11) is 0. The zero-order valence-corrected chi connectivity index (χ0v) is 7.25. The van der Waals surface area contributed by atoms with Crippen LogP contribution in [0.15, 0.2) is 12.5 Å². The van der Waals surface area contributed by atoms with Gasteiger partial charge in [0, 0.05) is 12.6 Å². The molecule has 0 spiro atoms. The van der Waals surface area contributed by atoms with Crippen LogP contribution < -0.4 is 11.5 Å². The maximum Gasteiger partial charge on any atom is 0.324 e. The number of hydrogen-bond acceptors (Lipinski definition) is 4. The van der Waals surface area contributed by atoms with E-state index < -0.39 is 18.0 Å². The van der Waals surface area contributed by atoms with E-state index in [4.69, 9.17) is 16.6 Å². The number of nitrogens with two attached hydrogens (primary N) is 2. The standard InChI is InChI=1S/C7H10N4O3/c8-5(6(12)13)1-4-2-11(3-10-4)7(9)14/h2-3,5H,1,8H2,(H2,9,14)(H,12,13)/t5-/m0/s1. The molecule has 1 amide bonds. The predicted octanol–water partition coefficient (Wildman–Crippen LogP) is -1.24. The van der Waals surface area contributed by atoms with Gasteiger partial charge in [-0.25, -0.2) is 9.78 Å². The Morgan fingerprint density at radius 1 is 1.64 bits per heavy atom. The predicted molar refractivity (Wildman–Crippen MR) is 46.5 cm³/mol. The second-order valence-corrected chi connectivity index (χ2v) is 2.76. The normalized spacial score (nSPS) is 12.4. The lowest BCUT2D eigenvalue weighted by molar-refractivity contribution is -0.138. The minimum absolute atomic E-state index is 0.0651. The van der Waals surface area contributed by atoms with Gasteiger partial charge in [0.1, 0.15) is 12.4 Å². The van der Waals surface area contributed by atoms with E-state index in [0.29, 0.717) is 5.69 Å². The Balaban J connectivity index is 2.69. The summed E-state index contributed by atoms with van der Waals surface area (Å²) in [5.41, 5.74) is 10.6. The average molecular weight is 198 g/mol. The average Bonchev–Trinajstić information content (AvgIpc) is 2.52. The van der Waals surface area contributed by atoms with Crippen LogP contribution in [0.1, 0.15) is 5.69 Å². The Hall–Kier alpha value is -1.89. The fourth-order valence-electron chi connectivity index (χ4n) is 0.902. The Morgan fingerprint density at radius 2 is 2.29 bits per heavy atom. The van der Waals surface area contributed by atoms with Gasteiger partial charge >= 0.3 is 12.0 Å². The van der Waals surface area contributed by atoms with Crippen LogP contribution in [0.25, 0.3) is 0 Å². The largest absolute Gasteiger partial charge is 0.480 e. The highest BCUT2D eigenvalue weighted by Crippen LogP contribution is 1.99. The van der Waals surface area contributed by atoms with Crippen LogP contribution >= 0.6 is 0 Å². The molecule has 0 unspecified atom stereocenters. The first-order valence-corrected chi connectivity index (χ1v) is 3.81. The second-order valence-electron chi connectivity index (χ2n) is 2.76. The number of aliphatic carboxylic acids is 1. The van der Waals surface area contributed by atoms with Crippen LogP contribution in [0.2, 0.25) is 0 Å². The van der Waals surface area contributed by atoms with E-state index in [1.807, 2.05) is 0 Å². The molecular formula is C7H10N4O3. The van der Waals surface area contributed by atoms with Crippen molar-refractivity contribution in [3.05, 3.63) is 18.2 Å². The van der Waals surface area contributed by atoms with E-state index in [1.54, 1.807) is 0 Å². The molecule has 0 aliphatic heterocycles. The summed E-state index contributed by atoms with van der Waals surface area (Å²) in [5.74, 6) is -1.11. The summed E-state index contributed by atoms with van der Waals surface area (Å²) in [6, 6.07) is -1.70. The molecule has 1 aromatic rings. The molecule has 0 saturated carbocycles. The smallest absolute Gasteiger partial charge is 0.324 e. The number of primary amides is 1. The summed E-state index contributed by atoms with van der Waals surface area (Å²) >= 11 is 0. The van der Waals surface area contributed by atoms with Crippen molar-refractivity contribution in [2.75, 3.05) is 0 Å². The molecule has 76 valence electrons. The highest BCUT2D eigenvalue weighted by Gasteiger charge is 2.14. The minimum atomic E-state index is -1.11. The SMILES string of the molecule is NC(=O)n1cnc(C[C@H](N)C(=O)O)c1. The monoisotopic (exact) mass is 198 g/mol. The summed E-state index contributed by atoms with van der Waals surface area (Å²) in [5, 5.41) is 8.51. The first kappa shape index (κ1) is 10.2. The van der Waals surface area contributed by atoms with E-state index >= 15 is 0 Å². The molecule has 0 aliphatic rings. The first-order valence-electron chi connectivity index (χ1n) is 3.81. The van der Waals surface area contributed by atoms with Gasteiger partial charge in [-0.3, -0.25) is 9.36 Å². The number of aromatic nitrogens is 2. The number of imidazole rings is 1. The van der Waals surface area contributed by atoms with Crippen molar-refractivity contribution in [1.82, 2.24) is 9.55 Å². The molecule has 1 heterocycles. The fourth-order valence-corrected chi connectivity index (χ4v) is 0.902. The van der Waals surface area contributed by atoms with Gasteiger partial charge < -0.3 is 16.6 Å². The molecular weight excluding hydrogens is 188 g/mol. The van der Waals surface area contributed by atoms with Crippen LogP contribution in [-0.4, -0.2) is 32.7 Å². The second kappa shape index (κ2) is 3.88. The number of carbonyl (C=O) groups excluding carboxylic acids is 1. The third kappa shape index (κ3) is 2.30. The first-order chi connectivity index (χ1) is 6.50. The lowest BCUT2D eigenvalue weighted by Crippen LogP contribution is -2.32. The van der Waals surface area contributed by atoms with E-state index in [-0.39, 0.29) is 6.42 Å². The highest BCUT2D eigenvalue weighted by molar-refractivity contribution is 5.75. The van der Waals surface area contributed by atoms with Crippen LogP contribution in [0.3, 0.4) is 0 Å². The van der Waals surface area contributed by atoms with Crippen LogP contribution in [0.5, 0.6) is 0 Å². The molecule has 7 heteroatoms. The Bertz CT molecular complexity index is 360. The third-order valence-electron chi connectivity index (χ3n) is 1.64. The zero-order valence-electron chi connectivity index (χ0n) is 7.25. The van der Waals surface area contributed by atoms with Gasteiger partial charge in [0.15, 0.2) is 0 Å². The van der Waals surface area contributed by atoms with Crippen molar-refractivity contribution in [2.24, 2.45) is 11.5 Å². The molecule has 14 heavy (non-hydrogen) atoms. The number of carbonyl (C=O) groups is 2. The quantitative estimate of drug-likeness (QED) is 0.560. The molecule has 0 bridgehead atoms.